The van der Waals surface area contributed by atoms with Crippen LogP contribution in [0.4, 0.5) is 0 Å². The van der Waals surface area contributed by atoms with Gasteiger partial charge in [0.05, 0.1) is 6.10 Å². The maximum absolute atomic E-state index is 12.4. The van der Waals surface area contributed by atoms with E-state index in [2.05, 4.69) is 15.4 Å². The van der Waals surface area contributed by atoms with Crippen molar-refractivity contribution >= 4 is 29.9 Å². The average molecular weight is 415 g/mol. The molecule has 1 aromatic heterocycles. The molecule has 3 rings (SSSR count). The van der Waals surface area contributed by atoms with E-state index in [4.69, 9.17) is 22.1 Å². The number of rotatable bonds is 7. The smallest absolute Gasteiger partial charge is 0.246 e. The summed E-state index contributed by atoms with van der Waals surface area (Å²) >= 11 is 5.88. The zero-order chi connectivity index (χ0) is 18.4. The van der Waals surface area contributed by atoms with Crippen molar-refractivity contribution in [2.75, 3.05) is 26.2 Å². The van der Waals surface area contributed by atoms with Crippen molar-refractivity contribution in [1.29, 1.82) is 0 Å². The normalized spacial score (nSPS) is 14.8. The molecule has 0 bridgehead atoms. The summed E-state index contributed by atoms with van der Waals surface area (Å²) in [6.07, 6.45) is 2.77. The van der Waals surface area contributed by atoms with Crippen molar-refractivity contribution in [2.24, 2.45) is 5.73 Å². The van der Waals surface area contributed by atoms with Crippen LogP contribution in [0.5, 0.6) is 0 Å². The number of carbonyl (C=O) groups is 1. The SMILES string of the molecule is Cl.NCCCOC1CCN(C(=O)Cn2nnc(-c3ccc(Cl)cc3)n2)CC1. The molecule has 2 N–H and O–H groups in total. The molecule has 1 aromatic carbocycles. The van der Waals surface area contributed by atoms with Crippen molar-refractivity contribution in [3.8, 4) is 11.4 Å². The van der Waals surface area contributed by atoms with E-state index < -0.39 is 0 Å². The Bertz CT molecular complexity index is 716. The number of hydrogen-bond acceptors (Lipinski definition) is 6. The summed E-state index contributed by atoms with van der Waals surface area (Å²) in [5, 5.41) is 12.9. The minimum atomic E-state index is -0.00883. The molecule has 1 aliphatic heterocycles. The number of amides is 1. The second-order valence-corrected chi connectivity index (χ2v) is 6.68. The summed E-state index contributed by atoms with van der Waals surface area (Å²) in [5.41, 5.74) is 6.28. The molecule has 2 heterocycles. The van der Waals surface area contributed by atoms with Gasteiger partial charge in [-0.1, -0.05) is 11.6 Å². The number of piperidine rings is 1. The lowest BCUT2D eigenvalue weighted by molar-refractivity contribution is -0.134. The fraction of sp³-hybridized carbons (Fsp3) is 0.529. The molecule has 0 radical (unpaired) electrons. The fourth-order valence-corrected chi connectivity index (χ4v) is 2.98. The van der Waals surface area contributed by atoms with Crippen LogP contribution >= 0.6 is 24.0 Å². The second-order valence-electron chi connectivity index (χ2n) is 6.24. The van der Waals surface area contributed by atoms with Crippen LogP contribution in [0, 0.1) is 0 Å². The van der Waals surface area contributed by atoms with Crippen molar-refractivity contribution in [1.82, 2.24) is 25.1 Å². The predicted octanol–water partition coefficient (Wildman–Crippen LogP) is 1.77. The van der Waals surface area contributed by atoms with Gasteiger partial charge in [0.2, 0.25) is 11.7 Å². The Morgan fingerprint density at radius 3 is 2.63 bits per heavy atom. The van der Waals surface area contributed by atoms with Gasteiger partial charge in [-0.15, -0.1) is 22.6 Å². The molecule has 1 fully saturated rings. The molecule has 10 heteroatoms. The summed E-state index contributed by atoms with van der Waals surface area (Å²) in [4.78, 5) is 15.6. The Morgan fingerprint density at radius 2 is 1.96 bits per heavy atom. The van der Waals surface area contributed by atoms with E-state index in [-0.39, 0.29) is 31.0 Å². The summed E-state index contributed by atoms with van der Waals surface area (Å²) in [6, 6.07) is 7.17. The van der Waals surface area contributed by atoms with Gasteiger partial charge in [0.15, 0.2) is 0 Å². The third-order valence-corrected chi connectivity index (χ3v) is 4.58. The van der Waals surface area contributed by atoms with Gasteiger partial charge in [0.1, 0.15) is 6.54 Å². The molecule has 148 valence electrons. The maximum atomic E-state index is 12.4. The number of likely N-dealkylation sites (tertiary alicyclic amines) is 1. The van der Waals surface area contributed by atoms with E-state index >= 15 is 0 Å². The van der Waals surface area contributed by atoms with Gasteiger partial charge in [-0.3, -0.25) is 4.79 Å². The zero-order valence-corrected chi connectivity index (χ0v) is 16.5. The van der Waals surface area contributed by atoms with Crippen LogP contribution in [-0.2, 0) is 16.1 Å². The number of carbonyl (C=O) groups excluding carboxylic acids is 1. The van der Waals surface area contributed by atoms with Crippen molar-refractivity contribution in [3.05, 3.63) is 29.3 Å². The van der Waals surface area contributed by atoms with Crippen molar-refractivity contribution < 1.29 is 9.53 Å². The van der Waals surface area contributed by atoms with Crippen LogP contribution in [0.1, 0.15) is 19.3 Å². The van der Waals surface area contributed by atoms with Crippen LogP contribution in [0.3, 0.4) is 0 Å². The lowest BCUT2D eigenvalue weighted by Crippen LogP contribution is -2.42. The number of tetrazole rings is 1. The van der Waals surface area contributed by atoms with Crippen LogP contribution < -0.4 is 5.73 Å². The highest BCUT2D eigenvalue weighted by Gasteiger charge is 2.23. The van der Waals surface area contributed by atoms with E-state index in [1.54, 1.807) is 12.1 Å². The standard InChI is InChI=1S/C17H23ClN6O2.ClH/c18-14-4-2-13(3-5-14)17-20-22-24(21-17)12-16(25)23-9-6-15(7-10-23)26-11-1-8-19;/h2-5,15H,1,6-12,19H2;1H. The number of hydrogen-bond donors (Lipinski definition) is 1. The Labute approximate surface area is 169 Å². The number of nitrogens with zero attached hydrogens (tertiary/aromatic N) is 5. The molecule has 2 aromatic rings. The average Bonchev–Trinajstić information content (AvgIpc) is 3.11. The second kappa shape index (κ2) is 10.6. The quantitative estimate of drug-likeness (QED) is 0.692. The highest BCUT2D eigenvalue weighted by Crippen LogP contribution is 2.17. The van der Waals surface area contributed by atoms with Gasteiger partial charge < -0.3 is 15.4 Å². The highest BCUT2D eigenvalue weighted by molar-refractivity contribution is 6.30. The summed E-state index contributed by atoms with van der Waals surface area (Å²) in [7, 11) is 0. The first-order valence-corrected chi connectivity index (χ1v) is 9.16. The van der Waals surface area contributed by atoms with Gasteiger partial charge in [-0.25, -0.2) is 0 Å². The predicted molar refractivity (Wildman–Crippen MR) is 105 cm³/mol. The number of benzene rings is 1. The molecular weight excluding hydrogens is 391 g/mol. The zero-order valence-electron chi connectivity index (χ0n) is 15.0. The Kier molecular flexibility index (Phi) is 8.43. The van der Waals surface area contributed by atoms with Crippen LogP contribution in [0.15, 0.2) is 24.3 Å². The van der Waals surface area contributed by atoms with Crippen molar-refractivity contribution in [2.45, 2.75) is 31.9 Å². The monoisotopic (exact) mass is 414 g/mol. The number of aromatic nitrogens is 4. The summed E-state index contributed by atoms with van der Waals surface area (Å²) in [5.74, 6) is 0.465. The van der Waals surface area contributed by atoms with Crippen LogP contribution in [-0.4, -0.2) is 63.4 Å². The van der Waals surface area contributed by atoms with E-state index in [1.165, 1.54) is 4.80 Å². The van der Waals surface area contributed by atoms with Gasteiger partial charge in [0, 0.05) is 30.3 Å². The molecule has 0 aliphatic carbocycles. The number of halogens is 2. The first-order chi connectivity index (χ1) is 12.7. The molecule has 0 atom stereocenters. The highest BCUT2D eigenvalue weighted by atomic mass is 35.5. The van der Waals surface area contributed by atoms with E-state index in [1.807, 2.05) is 17.0 Å². The third kappa shape index (κ3) is 6.14. The van der Waals surface area contributed by atoms with Gasteiger partial charge in [-0.2, -0.15) is 4.80 Å². The molecule has 0 unspecified atom stereocenters. The summed E-state index contributed by atoms with van der Waals surface area (Å²) in [6.45, 7) is 2.78. The molecule has 1 saturated heterocycles. The first kappa shape index (κ1) is 21.6. The topological polar surface area (TPSA) is 99.2 Å². The first-order valence-electron chi connectivity index (χ1n) is 8.79. The third-order valence-electron chi connectivity index (χ3n) is 4.33. The van der Waals surface area contributed by atoms with Crippen LogP contribution in [0.25, 0.3) is 11.4 Å². The number of nitrogens with two attached hydrogens (primary N) is 1. The van der Waals surface area contributed by atoms with Gasteiger partial charge in [-0.05, 0) is 55.3 Å². The summed E-state index contributed by atoms with van der Waals surface area (Å²) < 4.78 is 5.76. The van der Waals surface area contributed by atoms with E-state index in [0.29, 0.717) is 37.1 Å². The van der Waals surface area contributed by atoms with Gasteiger partial charge >= 0.3 is 0 Å². The lowest BCUT2D eigenvalue weighted by Gasteiger charge is -2.31. The maximum Gasteiger partial charge on any atom is 0.246 e. The fourth-order valence-electron chi connectivity index (χ4n) is 2.85. The largest absolute Gasteiger partial charge is 0.378 e. The molecule has 0 saturated carbocycles. The molecule has 1 aliphatic rings. The lowest BCUT2D eigenvalue weighted by atomic mass is 10.1. The molecular formula is C17H24Cl2N6O2. The van der Waals surface area contributed by atoms with Crippen molar-refractivity contribution in [3.63, 3.8) is 0 Å². The molecule has 0 spiro atoms. The minimum Gasteiger partial charge on any atom is -0.378 e. The molecule has 27 heavy (non-hydrogen) atoms. The van der Waals surface area contributed by atoms with E-state index in [0.717, 1.165) is 24.8 Å². The Balaban J connectivity index is 0.00000261. The van der Waals surface area contributed by atoms with E-state index in [9.17, 15) is 4.79 Å². The molecule has 1 amide bonds. The number of ether oxygens (including phenoxy) is 1. The van der Waals surface area contributed by atoms with Gasteiger partial charge in [0.25, 0.3) is 0 Å². The Hall–Kier alpha value is -1.74. The minimum absolute atomic E-state index is 0. The van der Waals surface area contributed by atoms with Crippen LogP contribution in [0.2, 0.25) is 5.02 Å². The molecule has 8 nitrogen and oxygen atoms in total. The Morgan fingerprint density at radius 1 is 1.26 bits per heavy atom.